The molecule has 4 rings (SSSR count). The SMILES string of the molecule is CC(C)OC(=O)N1CCCC(C)C1COC1CCC2C(C1)[C@@H]2C.Fc1cncnc1. The second kappa shape index (κ2) is 10.5. The van der Waals surface area contributed by atoms with Gasteiger partial charge in [0.05, 0.1) is 37.3 Å². The van der Waals surface area contributed by atoms with Crippen LogP contribution in [0.3, 0.4) is 0 Å². The monoisotopic (exact) mass is 421 g/mol. The topological polar surface area (TPSA) is 64.5 Å². The number of likely N-dealkylation sites (tertiary alicyclic amines) is 1. The molecule has 1 aromatic heterocycles. The van der Waals surface area contributed by atoms with Crippen LogP contribution in [-0.4, -0.2) is 52.4 Å². The third kappa shape index (κ3) is 6.13. The van der Waals surface area contributed by atoms with E-state index in [0.29, 0.717) is 18.6 Å². The van der Waals surface area contributed by atoms with Crippen molar-refractivity contribution in [2.45, 2.75) is 78.0 Å². The number of carbonyl (C=O) groups is 1. The molecule has 0 bridgehead atoms. The first-order chi connectivity index (χ1) is 14.4. The lowest BCUT2D eigenvalue weighted by Gasteiger charge is -2.40. The third-order valence-corrected chi connectivity index (χ3v) is 6.84. The molecule has 2 saturated carbocycles. The maximum absolute atomic E-state index is 12.4. The molecular formula is C23H36FN3O3. The lowest BCUT2D eigenvalue weighted by molar-refractivity contribution is -0.0362. The molecule has 3 fully saturated rings. The molecule has 1 aliphatic heterocycles. The maximum Gasteiger partial charge on any atom is 0.410 e. The van der Waals surface area contributed by atoms with E-state index in [0.717, 1.165) is 43.1 Å². The zero-order chi connectivity index (χ0) is 21.7. The number of amides is 1. The molecule has 0 N–H and O–H groups in total. The second-order valence-electron chi connectivity index (χ2n) is 9.32. The lowest BCUT2D eigenvalue weighted by Crippen LogP contribution is -2.51. The maximum atomic E-state index is 12.4. The fraction of sp³-hybridized carbons (Fsp3) is 0.783. The predicted octanol–water partition coefficient (Wildman–Crippen LogP) is 4.70. The Bertz CT molecular complexity index is 675. The van der Waals surface area contributed by atoms with Crippen molar-refractivity contribution in [1.29, 1.82) is 0 Å². The Balaban J connectivity index is 0.000000310. The van der Waals surface area contributed by atoms with Gasteiger partial charge in [0.2, 0.25) is 0 Å². The van der Waals surface area contributed by atoms with Gasteiger partial charge >= 0.3 is 6.09 Å². The van der Waals surface area contributed by atoms with Crippen LogP contribution in [0.5, 0.6) is 0 Å². The molecule has 2 heterocycles. The number of hydrogen-bond acceptors (Lipinski definition) is 5. The second-order valence-corrected chi connectivity index (χ2v) is 9.32. The van der Waals surface area contributed by atoms with Crippen molar-refractivity contribution in [3.05, 3.63) is 24.5 Å². The van der Waals surface area contributed by atoms with Gasteiger partial charge < -0.3 is 14.4 Å². The minimum absolute atomic E-state index is 0.0621. The van der Waals surface area contributed by atoms with Crippen molar-refractivity contribution in [2.75, 3.05) is 13.2 Å². The molecule has 168 valence electrons. The average molecular weight is 422 g/mol. The van der Waals surface area contributed by atoms with Crippen molar-refractivity contribution in [3.8, 4) is 0 Å². The molecule has 1 saturated heterocycles. The highest BCUT2D eigenvalue weighted by Crippen LogP contribution is 2.55. The smallest absolute Gasteiger partial charge is 0.410 e. The minimum atomic E-state index is -0.400. The quantitative estimate of drug-likeness (QED) is 0.705. The minimum Gasteiger partial charge on any atom is -0.447 e. The third-order valence-electron chi connectivity index (χ3n) is 6.84. The van der Waals surface area contributed by atoms with E-state index in [1.807, 2.05) is 18.7 Å². The Morgan fingerprint density at radius 1 is 1.20 bits per heavy atom. The number of rotatable bonds is 4. The van der Waals surface area contributed by atoms with Crippen molar-refractivity contribution in [3.63, 3.8) is 0 Å². The van der Waals surface area contributed by atoms with Gasteiger partial charge in [-0.1, -0.05) is 13.8 Å². The zero-order valence-electron chi connectivity index (χ0n) is 18.7. The summed E-state index contributed by atoms with van der Waals surface area (Å²) in [5.74, 6) is 2.87. The Kier molecular flexibility index (Phi) is 8.03. The van der Waals surface area contributed by atoms with E-state index >= 15 is 0 Å². The summed E-state index contributed by atoms with van der Waals surface area (Å²) in [4.78, 5) is 21.1. The Labute approximate surface area is 179 Å². The number of nitrogens with zero attached hydrogens (tertiary/aromatic N) is 3. The Hall–Kier alpha value is -1.76. The molecule has 30 heavy (non-hydrogen) atoms. The largest absolute Gasteiger partial charge is 0.447 e. The summed E-state index contributed by atoms with van der Waals surface area (Å²) in [5, 5.41) is 0. The van der Waals surface area contributed by atoms with Crippen molar-refractivity contribution in [1.82, 2.24) is 14.9 Å². The molecule has 0 spiro atoms. The number of hydrogen-bond donors (Lipinski definition) is 0. The van der Waals surface area contributed by atoms with E-state index in [1.54, 1.807) is 0 Å². The van der Waals surface area contributed by atoms with Crippen LogP contribution in [0.4, 0.5) is 9.18 Å². The van der Waals surface area contributed by atoms with Gasteiger partial charge in [0.25, 0.3) is 0 Å². The van der Waals surface area contributed by atoms with Gasteiger partial charge in [-0.3, -0.25) is 0 Å². The first-order valence-electron chi connectivity index (χ1n) is 11.4. The lowest BCUT2D eigenvalue weighted by atomic mass is 9.91. The first kappa shape index (κ1) is 22.9. The van der Waals surface area contributed by atoms with Crippen LogP contribution in [0, 0.1) is 29.5 Å². The van der Waals surface area contributed by atoms with Crippen LogP contribution < -0.4 is 0 Å². The van der Waals surface area contributed by atoms with Gasteiger partial charge in [-0.15, -0.1) is 0 Å². The number of ether oxygens (including phenoxy) is 2. The van der Waals surface area contributed by atoms with Crippen molar-refractivity contribution < 1.29 is 18.7 Å². The number of fused-ring (bicyclic) bond motifs is 1. The molecule has 0 aromatic carbocycles. The number of piperidine rings is 1. The van der Waals surface area contributed by atoms with Gasteiger partial charge in [0.15, 0.2) is 5.82 Å². The summed E-state index contributed by atoms with van der Waals surface area (Å²) in [6.07, 6.45) is 9.65. The molecule has 1 amide bonds. The molecule has 5 unspecified atom stereocenters. The van der Waals surface area contributed by atoms with E-state index in [2.05, 4.69) is 23.8 Å². The van der Waals surface area contributed by atoms with Crippen molar-refractivity contribution >= 4 is 6.09 Å². The predicted molar refractivity (Wildman–Crippen MR) is 112 cm³/mol. The summed E-state index contributed by atoms with van der Waals surface area (Å²) < 4.78 is 23.5. The molecule has 1 aromatic rings. The number of aromatic nitrogens is 2. The van der Waals surface area contributed by atoms with E-state index in [1.165, 1.54) is 32.0 Å². The van der Waals surface area contributed by atoms with Crippen LogP contribution in [-0.2, 0) is 9.47 Å². The summed E-state index contributed by atoms with van der Waals surface area (Å²) in [7, 11) is 0. The van der Waals surface area contributed by atoms with E-state index in [9.17, 15) is 9.18 Å². The summed E-state index contributed by atoms with van der Waals surface area (Å²) in [5.41, 5.74) is 0. The van der Waals surface area contributed by atoms with Crippen LogP contribution in [0.1, 0.15) is 59.8 Å². The van der Waals surface area contributed by atoms with Gasteiger partial charge in [-0.05, 0) is 69.6 Å². The molecule has 3 aliphatic rings. The Morgan fingerprint density at radius 2 is 1.93 bits per heavy atom. The molecule has 2 aliphatic carbocycles. The fourth-order valence-electron chi connectivity index (χ4n) is 4.97. The van der Waals surface area contributed by atoms with Crippen molar-refractivity contribution in [2.24, 2.45) is 23.7 Å². The van der Waals surface area contributed by atoms with Crippen LogP contribution in [0.15, 0.2) is 18.7 Å². The van der Waals surface area contributed by atoms with Crippen LogP contribution in [0.2, 0.25) is 0 Å². The van der Waals surface area contributed by atoms with Crippen LogP contribution in [0.25, 0.3) is 0 Å². The summed E-state index contributed by atoms with van der Waals surface area (Å²) >= 11 is 0. The zero-order valence-corrected chi connectivity index (χ0v) is 18.7. The van der Waals surface area contributed by atoms with Gasteiger partial charge in [-0.2, -0.15) is 0 Å². The molecule has 7 heteroatoms. The van der Waals surface area contributed by atoms with E-state index < -0.39 is 5.82 Å². The summed E-state index contributed by atoms with van der Waals surface area (Å²) in [6, 6.07) is 0.171. The standard InChI is InChI=1S/C19H33NO3.C4H3FN2/c1-12(2)23-19(21)20-9-5-6-13(3)18(20)11-22-15-7-8-16-14(4)17(16)10-15;5-4-1-6-3-7-2-4/h12-18H,5-11H2,1-4H3;1-3H/t13?,14-,15?,16?,17?,18?;/m1./s1. The van der Waals surface area contributed by atoms with Crippen LogP contribution >= 0.6 is 0 Å². The fourth-order valence-corrected chi connectivity index (χ4v) is 4.97. The molecule has 0 radical (unpaired) electrons. The molecular weight excluding hydrogens is 385 g/mol. The molecule has 6 nitrogen and oxygen atoms in total. The normalized spacial score (nSPS) is 32.7. The molecule has 6 atom stereocenters. The first-order valence-corrected chi connectivity index (χ1v) is 11.4. The van der Waals surface area contributed by atoms with Gasteiger partial charge in [-0.25, -0.2) is 19.2 Å². The average Bonchev–Trinajstić information content (AvgIpc) is 3.36. The number of halogens is 1. The summed E-state index contributed by atoms with van der Waals surface area (Å²) in [6.45, 7) is 9.91. The van der Waals surface area contributed by atoms with E-state index in [4.69, 9.17) is 9.47 Å². The van der Waals surface area contributed by atoms with Gasteiger partial charge in [0, 0.05) is 6.54 Å². The van der Waals surface area contributed by atoms with Gasteiger partial charge in [0.1, 0.15) is 6.33 Å². The highest BCUT2D eigenvalue weighted by atomic mass is 19.1. The highest BCUT2D eigenvalue weighted by Gasteiger charge is 2.50. The van der Waals surface area contributed by atoms with E-state index in [-0.39, 0.29) is 18.2 Å². The Morgan fingerprint density at radius 3 is 2.53 bits per heavy atom. The number of carbonyl (C=O) groups excluding carboxylic acids is 1. The highest BCUT2D eigenvalue weighted by molar-refractivity contribution is 5.68.